The summed E-state index contributed by atoms with van der Waals surface area (Å²) >= 11 is 5.80. The quantitative estimate of drug-likeness (QED) is 0.868. The van der Waals surface area contributed by atoms with Crippen LogP contribution in [-0.4, -0.2) is 15.0 Å². The standard InChI is InChI=1S/C10H6ClF3N4/c11-7-8(17-4-18-9(7)15)5-3-16-2-1-6(5)10(12,13)14/h1-4H,(H2,15,17,18). The Balaban J connectivity index is 2.69. The number of nitrogens with two attached hydrogens (primary N) is 1. The molecule has 0 unspecified atom stereocenters. The van der Waals surface area contributed by atoms with Crippen molar-refractivity contribution < 1.29 is 13.2 Å². The predicted octanol–water partition coefficient (Wildman–Crippen LogP) is 2.79. The molecule has 0 saturated heterocycles. The number of rotatable bonds is 1. The molecule has 8 heteroatoms. The normalized spacial score (nSPS) is 11.6. The lowest BCUT2D eigenvalue weighted by atomic mass is 10.1. The summed E-state index contributed by atoms with van der Waals surface area (Å²) in [7, 11) is 0. The van der Waals surface area contributed by atoms with Gasteiger partial charge in [0.05, 0.1) is 11.3 Å². The van der Waals surface area contributed by atoms with Gasteiger partial charge in [-0.15, -0.1) is 0 Å². The van der Waals surface area contributed by atoms with E-state index < -0.39 is 11.7 Å². The fourth-order valence-corrected chi connectivity index (χ4v) is 1.60. The summed E-state index contributed by atoms with van der Waals surface area (Å²) < 4.78 is 38.5. The molecular formula is C10H6ClF3N4. The van der Waals surface area contributed by atoms with Crippen LogP contribution in [-0.2, 0) is 6.18 Å². The third kappa shape index (κ3) is 2.21. The number of pyridine rings is 1. The zero-order valence-corrected chi connectivity index (χ0v) is 9.50. The summed E-state index contributed by atoms with van der Waals surface area (Å²) in [5, 5.41) is -0.129. The summed E-state index contributed by atoms with van der Waals surface area (Å²) in [6.07, 6.45) is -1.40. The second kappa shape index (κ2) is 4.41. The van der Waals surface area contributed by atoms with Gasteiger partial charge in [-0.05, 0) is 6.07 Å². The first kappa shape index (κ1) is 12.6. The van der Waals surface area contributed by atoms with E-state index in [-0.39, 0.29) is 22.1 Å². The highest BCUT2D eigenvalue weighted by atomic mass is 35.5. The number of nitrogens with zero attached hydrogens (tertiary/aromatic N) is 3. The average molecular weight is 275 g/mol. The fourth-order valence-electron chi connectivity index (χ4n) is 1.40. The average Bonchev–Trinajstić information content (AvgIpc) is 2.32. The van der Waals surface area contributed by atoms with E-state index in [2.05, 4.69) is 15.0 Å². The maximum atomic E-state index is 12.8. The van der Waals surface area contributed by atoms with Crippen molar-refractivity contribution in [3.05, 3.63) is 35.4 Å². The minimum atomic E-state index is -4.53. The van der Waals surface area contributed by atoms with Crippen LogP contribution in [0.1, 0.15) is 5.56 Å². The van der Waals surface area contributed by atoms with Gasteiger partial charge in [-0.2, -0.15) is 13.2 Å². The van der Waals surface area contributed by atoms with Crippen molar-refractivity contribution in [2.75, 3.05) is 5.73 Å². The Morgan fingerprint density at radius 1 is 1.22 bits per heavy atom. The Hall–Kier alpha value is -1.89. The first-order valence-electron chi connectivity index (χ1n) is 4.69. The second-order valence-corrected chi connectivity index (χ2v) is 3.72. The topological polar surface area (TPSA) is 64.7 Å². The van der Waals surface area contributed by atoms with Crippen LogP contribution >= 0.6 is 11.6 Å². The van der Waals surface area contributed by atoms with Gasteiger partial charge in [-0.25, -0.2) is 9.97 Å². The van der Waals surface area contributed by atoms with Crippen LogP contribution in [0, 0.1) is 0 Å². The zero-order valence-electron chi connectivity index (χ0n) is 8.74. The van der Waals surface area contributed by atoms with Gasteiger partial charge in [0.15, 0.2) is 0 Å². The Morgan fingerprint density at radius 2 is 1.94 bits per heavy atom. The van der Waals surface area contributed by atoms with Gasteiger partial charge >= 0.3 is 6.18 Å². The van der Waals surface area contributed by atoms with Crippen LogP contribution in [0.5, 0.6) is 0 Å². The van der Waals surface area contributed by atoms with Crippen molar-refractivity contribution in [1.29, 1.82) is 0 Å². The molecule has 2 aromatic rings. The van der Waals surface area contributed by atoms with Gasteiger partial charge in [-0.3, -0.25) is 4.98 Å². The fraction of sp³-hybridized carbons (Fsp3) is 0.100. The first-order chi connectivity index (χ1) is 8.41. The number of hydrogen-bond acceptors (Lipinski definition) is 4. The molecule has 2 heterocycles. The smallest absolute Gasteiger partial charge is 0.382 e. The van der Waals surface area contributed by atoms with Crippen LogP contribution in [0.25, 0.3) is 11.3 Å². The van der Waals surface area contributed by atoms with E-state index in [0.717, 1.165) is 24.8 Å². The lowest BCUT2D eigenvalue weighted by molar-refractivity contribution is -0.137. The lowest BCUT2D eigenvalue weighted by Crippen LogP contribution is -2.08. The van der Waals surface area contributed by atoms with Crippen LogP contribution in [0.15, 0.2) is 24.8 Å². The molecule has 0 saturated carbocycles. The van der Waals surface area contributed by atoms with Crippen molar-refractivity contribution >= 4 is 17.4 Å². The molecule has 2 aromatic heterocycles. The van der Waals surface area contributed by atoms with E-state index in [4.69, 9.17) is 17.3 Å². The number of anilines is 1. The summed E-state index contributed by atoms with van der Waals surface area (Å²) in [5.74, 6) is -0.0846. The van der Waals surface area contributed by atoms with Gasteiger partial charge in [0, 0.05) is 18.0 Å². The molecule has 94 valence electrons. The summed E-state index contributed by atoms with van der Waals surface area (Å²) in [6, 6.07) is 0.851. The van der Waals surface area contributed by atoms with Crippen molar-refractivity contribution in [1.82, 2.24) is 15.0 Å². The van der Waals surface area contributed by atoms with Crippen molar-refractivity contribution in [3.8, 4) is 11.3 Å². The molecule has 0 amide bonds. The molecule has 0 aliphatic heterocycles. The first-order valence-corrected chi connectivity index (χ1v) is 5.06. The molecule has 2 rings (SSSR count). The molecule has 0 aliphatic rings. The van der Waals surface area contributed by atoms with Gasteiger partial charge < -0.3 is 5.73 Å². The van der Waals surface area contributed by atoms with E-state index in [1.165, 1.54) is 0 Å². The molecule has 0 fully saturated rings. The predicted molar refractivity (Wildman–Crippen MR) is 59.7 cm³/mol. The summed E-state index contributed by atoms with van der Waals surface area (Å²) in [5.41, 5.74) is 4.23. The van der Waals surface area contributed by atoms with Gasteiger partial charge in [0.2, 0.25) is 0 Å². The second-order valence-electron chi connectivity index (χ2n) is 3.34. The monoisotopic (exact) mass is 274 g/mol. The zero-order chi connectivity index (χ0) is 13.3. The van der Waals surface area contributed by atoms with Crippen LogP contribution in [0.3, 0.4) is 0 Å². The summed E-state index contributed by atoms with van der Waals surface area (Å²) in [4.78, 5) is 11.0. The Labute approximate surface area is 105 Å². The molecule has 0 aromatic carbocycles. The number of nitrogen functional groups attached to an aromatic ring is 1. The van der Waals surface area contributed by atoms with Gasteiger partial charge in [0.25, 0.3) is 0 Å². The molecular weight excluding hydrogens is 269 g/mol. The largest absolute Gasteiger partial charge is 0.417 e. The minimum Gasteiger partial charge on any atom is -0.382 e. The van der Waals surface area contributed by atoms with Crippen LogP contribution in [0.2, 0.25) is 5.02 Å². The third-order valence-electron chi connectivity index (χ3n) is 2.20. The van der Waals surface area contributed by atoms with Crippen LogP contribution in [0.4, 0.5) is 19.0 Å². The number of hydrogen-bond donors (Lipinski definition) is 1. The molecule has 18 heavy (non-hydrogen) atoms. The maximum absolute atomic E-state index is 12.8. The van der Waals surface area contributed by atoms with E-state index in [1.807, 2.05) is 0 Å². The molecule has 0 spiro atoms. The number of aromatic nitrogens is 3. The molecule has 0 aliphatic carbocycles. The van der Waals surface area contributed by atoms with Gasteiger partial charge in [0.1, 0.15) is 17.2 Å². The highest BCUT2D eigenvalue weighted by Gasteiger charge is 2.34. The number of halogens is 4. The van der Waals surface area contributed by atoms with Crippen molar-refractivity contribution in [2.45, 2.75) is 6.18 Å². The van der Waals surface area contributed by atoms with E-state index >= 15 is 0 Å². The SMILES string of the molecule is Nc1ncnc(-c2cnccc2C(F)(F)F)c1Cl. The third-order valence-corrected chi connectivity index (χ3v) is 2.57. The van der Waals surface area contributed by atoms with E-state index in [1.54, 1.807) is 0 Å². The van der Waals surface area contributed by atoms with Crippen molar-refractivity contribution in [3.63, 3.8) is 0 Å². The summed E-state index contributed by atoms with van der Waals surface area (Å²) in [6.45, 7) is 0. The van der Waals surface area contributed by atoms with E-state index in [0.29, 0.717) is 0 Å². The lowest BCUT2D eigenvalue weighted by Gasteiger charge is -2.12. The van der Waals surface area contributed by atoms with Gasteiger partial charge in [-0.1, -0.05) is 11.6 Å². The molecule has 0 bridgehead atoms. The molecule has 0 atom stereocenters. The van der Waals surface area contributed by atoms with Crippen LogP contribution < -0.4 is 5.73 Å². The Bertz CT molecular complexity index is 586. The molecule has 4 nitrogen and oxygen atoms in total. The highest BCUT2D eigenvalue weighted by Crippen LogP contribution is 2.38. The number of alkyl halides is 3. The van der Waals surface area contributed by atoms with Crippen molar-refractivity contribution in [2.24, 2.45) is 0 Å². The Morgan fingerprint density at radius 3 is 2.61 bits per heavy atom. The molecule has 2 N–H and O–H groups in total. The highest BCUT2D eigenvalue weighted by molar-refractivity contribution is 6.35. The Kier molecular flexibility index (Phi) is 3.08. The molecule has 0 radical (unpaired) electrons. The minimum absolute atomic E-state index is 0.0846. The van der Waals surface area contributed by atoms with E-state index in [9.17, 15) is 13.2 Å². The maximum Gasteiger partial charge on any atom is 0.417 e.